The van der Waals surface area contributed by atoms with Crippen molar-refractivity contribution in [3.63, 3.8) is 0 Å². The Morgan fingerprint density at radius 2 is 1.67 bits per heavy atom. The molecule has 0 unspecified atom stereocenters. The van der Waals surface area contributed by atoms with Gasteiger partial charge in [-0.15, -0.1) is 24.0 Å². The van der Waals surface area contributed by atoms with Gasteiger partial charge >= 0.3 is 0 Å². The highest BCUT2D eigenvalue weighted by Gasteiger charge is 2.02. The average Bonchev–Trinajstić information content (AvgIpc) is 2.68. The number of halogens is 1. The van der Waals surface area contributed by atoms with Gasteiger partial charge in [0.25, 0.3) is 0 Å². The molecule has 0 aliphatic rings. The van der Waals surface area contributed by atoms with Gasteiger partial charge in [0.2, 0.25) is 0 Å². The summed E-state index contributed by atoms with van der Waals surface area (Å²) in [7, 11) is 5.07. The Labute approximate surface area is 178 Å². The third-order valence-corrected chi connectivity index (χ3v) is 3.87. The van der Waals surface area contributed by atoms with Crippen molar-refractivity contribution in [1.82, 2.24) is 10.6 Å². The van der Waals surface area contributed by atoms with E-state index in [0.29, 0.717) is 19.7 Å². The largest absolute Gasteiger partial charge is 0.497 e. The number of methoxy groups -OCH3 is 2. The van der Waals surface area contributed by atoms with E-state index in [4.69, 9.17) is 14.2 Å². The van der Waals surface area contributed by atoms with Crippen LogP contribution in [0.1, 0.15) is 11.1 Å². The van der Waals surface area contributed by atoms with Gasteiger partial charge in [-0.2, -0.15) is 0 Å². The molecule has 0 bridgehead atoms. The molecule has 148 valence electrons. The summed E-state index contributed by atoms with van der Waals surface area (Å²) in [6, 6.07) is 13.6. The van der Waals surface area contributed by atoms with Crippen molar-refractivity contribution in [1.29, 1.82) is 0 Å². The third kappa shape index (κ3) is 7.54. The van der Waals surface area contributed by atoms with Gasteiger partial charge < -0.3 is 24.8 Å². The monoisotopic (exact) mass is 485 g/mol. The van der Waals surface area contributed by atoms with Crippen LogP contribution in [0.5, 0.6) is 17.2 Å². The van der Waals surface area contributed by atoms with Gasteiger partial charge in [-0.25, -0.2) is 0 Å². The number of hydrogen-bond acceptors (Lipinski definition) is 4. The fraction of sp³-hybridized carbons (Fsp3) is 0.350. The van der Waals surface area contributed by atoms with Crippen molar-refractivity contribution in [2.24, 2.45) is 4.99 Å². The minimum Gasteiger partial charge on any atom is -0.497 e. The molecule has 0 spiro atoms. The zero-order valence-corrected chi connectivity index (χ0v) is 18.6. The number of aryl methyl sites for hydroxylation is 1. The first-order valence-electron chi connectivity index (χ1n) is 8.51. The molecule has 0 saturated carbocycles. The van der Waals surface area contributed by atoms with Gasteiger partial charge in [0.1, 0.15) is 23.9 Å². The van der Waals surface area contributed by atoms with Crippen LogP contribution in [-0.4, -0.2) is 40.4 Å². The van der Waals surface area contributed by atoms with E-state index in [0.717, 1.165) is 28.8 Å². The molecule has 27 heavy (non-hydrogen) atoms. The van der Waals surface area contributed by atoms with Crippen molar-refractivity contribution in [2.45, 2.75) is 13.5 Å². The molecule has 0 radical (unpaired) electrons. The lowest BCUT2D eigenvalue weighted by atomic mass is 10.1. The molecule has 0 atom stereocenters. The maximum Gasteiger partial charge on any atom is 0.191 e. The summed E-state index contributed by atoms with van der Waals surface area (Å²) in [6.45, 7) is 3.90. The normalized spacial score (nSPS) is 10.6. The van der Waals surface area contributed by atoms with Crippen LogP contribution in [0, 0.1) is 6.92 Å². The molecule has 0 aliphatic carbocycles. The molecule has 7 heteroatoms. The SMILES string of the molecule is CN=C(NCCOc1ccc(OC)cc1)NCc1ccc(OC)c(C)c1.I. The Balaban J connectivity index is 0.00000364. The smallest absolute Gasteiger partial charge is 0.191 e. The first-order chi connectivity index (χ1) is 12.7. The molecule has 2 N–H and O–H groups in total. The van der Waals surface area contributed by atoms with Crippen molar-refractivity contribution < 1.29 is 14.2 Å². The van der Waals surface area contributed by atoms with Gasteiger partial charge in [0, 0.05) is 13.6 Å². The molecule has 0 aromatic heterocycles. The van der Waals surface area contributed by atoms with E-state index < -0.39 is 0 Å². The van der Waals surface area contributed by atoms with E-state index in [1.54, 1.807) is 21.3 Å². The average molecular weight is 485 g/mol. The first-order valence-corrected chi connectivity index (χ1v) is 8.51. The number of ether oxygens (including phenoxy) is 3. The molecule has 0 fully saturated rings. The minimum absolute atomic E-state index is 0. The predicted molar refractivity (Wildman–Crippen MR) is 120 cm³/mol. The van der Waals surface area contributed by atoms with Crippen LogP contribution in [0.4, 0.5) is 0 Å². The second-order valence-electron chi connectivity index (χ2n) is 5.68. The zero-order chi connectivity index (χ0) is 18.8. The number of aliphatic imine (C=N–C) groups is 1. The second kappa shape index (κ2) is 12.3. The predicted octanol–water partition coefficient (Wildman–Crippen LogP) is 3.37. The lowest BCUT2D eigenvalue weighted by Crippen LogP contribution is -2.38. The van der Waals surface area contributed by atoms with E-state index in [1.807, 2.05) is 43.3 Å². The van der Waals surface area contributed by atoms with Crippen LogP contribution in [0.15, 0.2) is 47.5 Å². The van der Waals surface area contributed by atoms with Crippen LogP contribution in [0.3, 0.4) is 0 Å². The summed E-state index contributed by atoms with van der Waals surface area (Å²) >= 11 is 0. The van der Waals surface area contributed by atoms with Gasteiger partial charge in [-0.05, 0) is 48.4 Å². The fourth-order valence-electron chi connectivity index (χ4n) is 2.47. The van der Waals surface area contributed by atoms with Crippen LogP contribution in [0.2, 0.25) is 0 Å². The molecule has 0 heterocycles. The maximum atomic E-state index is 5.69. The summed E-state index contributed by atoms with van der Waals surface area (Å²) in [4.78, 5) is 4.22. The number of benzene rings is 2. The van der Waals surface area contributed by atoms with E-state index in [1.165, 1.54) is 5.56 Å². The van der Waals surface area contributed by atoms with E-state index in [2.05, 4.69) is 21.7 Å². The van der Waals surface area contributed by atoms with Crippen LogP contribution in [-0.2, 0) is 6.54 Å². The molecule has 0 saturated heterocycles. The lowest BCUT2D eigenvalue weighted by Gasteiger charge is -2.13. The zero-order valence-electron chi connectivity index (χ0n) is 16.2. The Morgan fingerprint density at radius 3 is 2.26 bits per heavy atom. The number of hydrogen-bond donors (Lipinski definition) is 2. The highest BCUT2D eigenvalue weighted by atomic mass is 127. The third-order valence-electron chi connectivity index (χ3n) is 3.87. The minimum atomic E-state index is 0. The molecular weight excluding hydrogens is 457 g/mol. The van der Waals surface area contributed by atoms with Gasteiger partial charge in [-0.3, -0.25) is 4.99 Å². The fourth-order valence-corrected chi connectivity index (χ4v) is 2.47. The Morgan fingerprint density at radius 1 is 0.963 bits per heavy atom. The van der Waals surface area contributed by atoms with E-state index in [-0.39, 0.29) is 24.0 Å². The number of nitrogens with one attached hydrogen (secondary N) is 2. The summed E-state index contributed by atoms with van der Waals surface area (Å²) in [6.07, 6.45) is 0. The summed E-state index contributed by atoms with van der Waals surface area (Å²) in [5, 5.41) is 6.52. The standard InChI is InChI=1S/C20H27N3O3.HI/c1-15-13-16(5-10-19(15)25-4)14-23-20(21-2)22-11-12-26-18-8-6-17(24-3)7-9-18;/h5-10,13H,11-12,14H2,1-4H3,(H2,21,22,23);1H. The van der Waals surface area contributed by atoms with E-state index in [9.17, 15) is 0 Å². The van der Waals surface area contributed by atoms with Gasteiger partial charge in [0.05, 0.1) is 20.8 Å². The van der Waals surface area contributed by atoms with Crippen LogP contribution >= 0.6 is 24.0 Å². The number of rotatable bonds is 8. The molecule has 2 aromatic rings. The molecule has 6 nitrogen and oxygen atoms in total. The topological polar surface area (TPSA) is 64.1 Å². The quantitative estimate of drug-likeness (QED) is 0.260. The molecule has 2 rings (SSSR count). The molecular formula is C20H28IN3O3. The summed E-state index contributed by atoms with van der Waals surface area (Å²) in [5.74, 6) is 3.25. The Kier molecular flexibility index (Phi) is 10.4. The van der Waals surface area contributed by atoms with Crippen LogP contribution < -0.4 is 24.8 Å². The second-order valence-corrected chi connectivity index (χ2v) is 5.68. The van der Waals surface area contributed by atoms with Crippen molar-refractivity contribution >= 4 is 29.9 Å². The molecule has 2 aromatic carbocycles. The molecule has 0 aliphatic heterocycles. The van der Waals surface area contributed by atoms with Crippen molar-refractivity contribution in [3.05, 3.63) is 53.6 Å². The first kappa shape index (κ1) is 22.9. The lowest BCUT2D eigenvalue weighted by molar-refractivity contribution is 0.321. The highest BCUT2D eigenvalue weighted by Crippen LogP contribution is 2.18. The van der Waals surface area contributed by atoms with Crippen molar-refractivity contribution in [3.8, 4) is 17.2 Å². The van der Waals surface area contributed by atoms with Gasteiger partial charge in [-0.1, -0.05) is 12.1 Å². The maximum absolute atomic E-state index is 5.69. The van der Waals surface area contributed by atoms with Crippen molar-refractivity contribution in [2.75, 3.05) is 34.4 Å². The molecule has 0 amide bonds. The van der Waals surface area contributed by atoms with Crippen LogP contribution in [0.25, 0.3) is 0 Å². The van der Waals surface area contributed by atoms with E-state index >= 15 is 0 Å². The Hall–Kier alpha value is -2.16. The van der Waals surface area contributed by atoms with Gasteiger partial charge in [0.15, 0.2) is 5.96 Å². The summed E-state index contributed by atoms with van der Waals surface area (Å²) in [5.41, 5.74) is 2.28. The summed E-state index contributed by atoms with van der Waals surface area (Å²) < 4.78 is 16.1. The highest BCUT2D eigenvalue weighted by molar-refractivity contribution is 14.0. The number of nitrogens with zero attached hydrogens (tertiary/aromatic N) is 1. The Bertz CT molecular complexity index is 721. The number of guanidine groups is 1.